The van der Waals surface area contributed by atoms with Gasteiger partial charge < -0.3 is 39.1 Å². The van der Waals surface area contributed by atoms with Gasteiger partial charge in [0.2, 0.25) is 0 Å². The van der Waals surface area contributed by atoms with Crippen molar-refractivity contribution in [3.8, 4) is 17.2 Å². The largest absolute Gasteiger partial charge is 0.491 e. The van der Waals surface area contributed by atoms with Crippen molar-refractivity contribution in [1.29, 1.82) is 0 Å². The van der Waals surface area contributed by atoms with Crippen molar-refractivity contribution in [1.82, 2.24) is 0 Å². The van der Waals surface area contributed by atoms with Gasteiger partial charge in [-0.25, -0.2) is 9.59 Å². The minimum atomic E-state index is -0.759. The SMILES string of the molecule is C=CCOC(=O)c1ccc(NC(=O)c2ccc(NC(=O)c3ccc(NC(=O)OC(C)(C)C)c(OCc4ccccc4)c3)c(OCCC(=O)OC(C)(C)C)c2)c(OCc2ccc(C)cc2)c1. The molecule has 0 spiro atoms. The van der Waals surface area contributed by atoms with E-state index in [9.17, 15) is 24.0 Å². The number of nitrogens with one attached hydrogen (secondary N) is 3. The minimum Gasteiger partial charge on any atom is -0.491 e. The highest BCUT2D eigenvalue weighted by atomic mass is 16.6. The van der Waals surface area contributed by atoms with E-state index in [2.05, 4.69) is 22.5 Å². The maximum atomic E-state index is 13.9. The van der Waals surface area contributed by atoms with E-state index in [-0.39, 0.29) is 83.8 Å². The summed E-state index contributed by atoms with van der Waals surface area (Å²) in [4.78, 5) is 65.9. The molecule has 0 aliphatic carbocycles. The van der Waals surface area contributed by atoms with E-state index in [0.29, 0.717) is 0 Å². The molecule has 14 nitrogen and oxygen atoms in total. The molecule has 5 rings (SSSR count). The molecular formula is C51H55N3O11. The highest BCUT2D eigenvalue weighted by Gasteiger charge is 2.22. The lowest BCUT2D eigenvalue weighted by molar-refractivity contribution is -0.155. The van der Waals surface area contributed by atoms with Crippen molar-refractivity contribution >= 4 is 46.9 Å². The summed E-state index contributed by atoms with van der Waals surface area (Å²) in [6.45, 7) is 16.2. The van der Waals surface area contributed by atoms with Gasteiger partial charge >= 0.3 is 18.0 Å². The predicted molar refractivity (Wildman–Crippen MR) is 248 cm³/mol. The van der Waals surface area contributed by atoms with Gasteiger partial charge in [-0.15, -0.1) is 0 Å². The van der Waals surface area contributed by atoms with Crippen LogP contribution in [0.4, 0.5) is 21.9 Å². The number of carbonyl (C=O) groups excluding carboxylic acids is 5. The average molecular weight is 886 g/mol. The molecule has 0 aromatic heterocycles. The van der Waals surface area contributed by atoms with Crippen LogP contribution in [0.15, 0.2) is 122 Å². The number of ether oxygens (including phenoxy) is 6. The van der Waals surface area contributed by atoms with Gasteiger partial charge in [0, 0.05) is 11.1 Å². The molecule has 0 heterocycles. The van der Waals surface area contributed by atoms with E-state index in [0.717, 1.165) is 16.7 Å². The minimum absolute atomic E-state index is 0.0132. The Hall–Kier alpha value is -7.61. The quantitative estimate of drug-likeness (QED) is 0.0433. The van der Waals surface area contributed by atoms with E-state index in [1.54, 1.807) is 41.5 Å². The molecule has 3 amide bonds. The van der Waals surface area contributed by atoms with Crippen LogP contribution in [-0.4, -0.2) is 54.3 Å². The van der Waals surface area contributed by atoms with Crippen LogP contribution in [-0.2, 0) is 32.2 Å². The predicted octanol–water partition coefficient (Wildman–Crippen LogP) is 10.5. The topological polar surface area (TPSA) is 177 Å². The van der Waals surface area contributed by atoms with Crippen molar-refractivity contribution in [3.63, 3.8) is 0 Å². The summed E-state index contributed by atoms with van der Waals surface area (Å²) in [5, 5.41) is 8.39. The molecule has 340 valence electrons. The molecule has 3 N–H and O–H groups in total. The summed E-state index contributed by atoms with van der Waals surface area (Å²) >= 11 is 0. The first kappa shape index (κ1) is 48.4. The normalized spacial score (nSPS) is 11.1. The Kier molecular flexibility index (Phi) is 16.5. The molecule has 14 heteroatoms. The molecule has 0 fully saturated rings. The van der Waals surface area contributed by atoms with E-state index in [4.69, 9.17) is 28.4 Å². The molecule has 0 saturated heterocycles. The number of hydrogen-bond acceptors (Lipinski definition) is 11. The molecule has 0 saturated carbocycles. The number of aryl methyl sites for hydroxylation is 1. The standard InChI is InChI=1S/C51H55N3O11/c1-9-26-61-48(58)38-21-24-40(44(30-38)63-32-35-17-15-33(2)16-18-35)53-46(56)36-19-22-39(42(28-36)60-27-25-45(55)64-50(3,4)5)52-47(57)37-20-23-41(54-49(59)65-51(6,7)8)43(29-37)62-31-34-13-11-10-12-14-34/h9-24,28-30H,1,25-27,31-32H2,2-8H3,(H,52,57)(H,53,56)(H,54,59). The smallest absolute Gasteiger partial charge is 0.412 e. The molecule has 0 aliphatic rings. The first-order chi connectivity index (χ1) is 30.9. The third-order valence-electron chi connectivity index (χ3n) is 8.91. The van der Waals surface area contributed by atoms with E-state index < -0.39 is 41.0 Å². The fraction of sp³-hybridized carbons (Fsp3) is 0.275. The Morgan fingerprint density at radius 3 is 1.57 bits per heavy atom. The Labute approximate surface area is 379 Å². The number of amides is 3. The second kappa shape index (κ2) is 22.1. The number of anilines is 3. The van der Waals surface area contributed by atoms with E-state index >= 15 is 0 Å². The Balaban J connectivity index is 1.42. The number of benzene rings is 5. The summed E-state index contributed by atoms with van der Waals surface area (Å²) in [5.74, 6) is -1.76. The van der Waals surface area contributed by atoms with Crippen LogP contribution >= 0.6 is 0 Å². The maximum absolute atomic E-state index is 13.9. The molecule has 0 atom stereocenters. The van der Waals surface area contributed by atoms with E-state index in [1.807, 2.05) is 61.5 Å². The summed E-state index contributed by atoms with van der Waals surface area (Å²) in [6.07, 6.45) is 0.624. The van der Waals surface area contributed by atoms with Crippen molar-refractivity contribution in [2.75, 3.05) is 29.2 Å². The first-order valence-corrected chi connectivity index (χ1v) is 20.9. The fourth-order valence-corrected chi connectivity index (χ4v) is 5.88. The molecule has 5 aromatic rings. The third-order valence-corrected chi connectivity index (χ3v) is 8.91. The Morgan fingerprint density at radius 2 is 1.05 bits per heavy atom. The van der Waals surface area contributed by atoms with Crippen LogP contribution in [0.5, 0.6) is 17.2 Å². The van der Waals surface area contributed by atoms with Crippen LogP contribution in [0.1, 0.15) is 95.7 Å². The summed E-state index contributed by atoms with van der Waals surface area (Å²) in [5.41, 5.74) is 2.54. The molecule has 0 bridgehead atoms. The molecule has 65 heavy (non-hydrogen) atoms. The zero-order valence-corrected chi connectivity index (χ0v) is 37.7. The van der Waals surface area contributed by atoms with Gasteiger partial charge in [0.15, 0.2) is 0 Å². The summed E-state index contributed by atoms with van der Waals surface area (Å²) < 4.78 is 34.4. The van der Waals surface area contributed by atoms with Gasteiger partial charge in [-0.2, -0.15) is 0 Å². The maximum Gasteiger partial charge on any atom is 0.412 e. The second-order valence-electron chi connectivity index (χ2n) is 16.8. The zero-order valence-electron chi connectivity index (χ0n) is 37.7. The van der Waals surface area contributed by atoms with Gasteiger partial charge in [-0.05, 0) is 114 Å². The molecule has 0 radical (unpaired) electrons. The summed E-state index contributed by atoms with van der Waals surface area (Å²) in [6, 6.07) is 30.5. The third kappa shape index (κ3) is 15.6. The fourth-order valence-electron chi connectivity index (χ4n) is 5.88. The monoisotopic (exact) mass is 885 g/mol. The lowest BCUT2D eigenvalue weighted by atomic mass is 10.1. The lowest BCUT2D eigenvalue weighted by Gasteiger charge is -2.21. The van der Waals surface area contributed by atoms with Crippen LogP contribution in [0.25, 0.3) is 0 Å². The Morgan fingerprint density at radius 1 is 0.569 bits per heavy atom. The molecular weight excluding hydrogens is 831 g/mol. The molecule has 5 aromatic carbocycles. The van der Waals surface area contributed by atoms with Gasteiger partial charge in [0.25, 0.3) is 11.8 Å². The highest BCUT2D eigenvalue weighted by Crippen LogP contribution is 2.32. The number of hydrogen-bond donors (Lipinski definition) is 3. The van der Waals surface area contributed by atoms with Gasteiger partial charge in [0.05, 0.1) is 35.7 Å². The van der Waals surface area contributed by atoms with Crippen LogP contribution in [0, 0.1) is 6.92 Å². The van der Waals surface area contributed by atoms with Crippen LogP contribution < -0.4 is 30.2 Å². The van der Waals surface area contributed by atoms with Gasteiger partial charge in [-0.1, -0.05) is 72.8 Å². The van der Waals surface area contributed by atoms with Crippen molar-refractivity contribution < 1.29 is 52.4 Å². The number of carbonyl (C=O) groups is 5. The Bertz CT molecular complexity index is 2490. The van der Waals surface area contributed by atoms with Crippen LogP contribution in [0.2, 0.25) is 0 Å². The second-order valence-corrected chi connectivity index (χ2v) is 16.8. The number of esters is 2. The van der Waals surface area contributed by atoms with Crippen molar-refractivity contribution in [2.24, 2.45) is 0 Å². The first-order valence-electron chi connectivity index (χ1n) is 20.9. The van der Waals surface area contributed by atoms with Crippen molar-refractivity contribution in [3.05, 3.63) is 155 Å². The van der Waals surface area contributed by atoms with Crippen molar-refractivity contribution in [2.45, 2.75) is 79.3 Å². The average Bonchev–Trinajstić information content (AvgIpc) is 3.24. The molecule has 0 unspecified atom stereocenters. The summed E-state index contributed by atoms with van der Waals surface area (Å²) in [7, 11) is 0. The van der Waals surface area contributed by atoms with E-state index in [1.165, 1.54) is 60.7 Å². The molecule has 0 aliphatic heterocycles. The zero-order chi connectivity index (χ0) is 47.1. The lowest BCUT2D eigenvalue weighted by Crippen LogP contribution is -2.27. The number of rotatable bonds is 18. The van der Waals surface area contributed by atoms with Gasteiger partial charge in [0.1, 0.15) is 48.3 Å². The van der Waals surface area contributed by atoms with Crippen LogP contribution in [0.3, 0.4) is 0 Å². The van der Waals surface area contributed by atoms with Gasteiger partial charge in [-0.3, -0.25) is 19.7 Å². The highest BCUT2D eigenvalue weighted by molar-refractivity contribution is 6.08.